The Morgan fingerprint density at radius 3 is 2.16 bits per heavy atom. The van der Waals surface area contributed by atoms with Gasteiger partial charge in [0.1, 0.15) is 6.10 Å². The van der Waals surface area contributed by atoms with Gasteiger partial charge in [-0.25, -0.2) is 4.79 Å². The molecule has 2 nitrogen and oxygen atoms in total. The third kappa shape index (κ3) is 4.67. The van der Waals surface area contributed by atoms with Crippen molar-refractivity contribution in [3.8, 4) is 0 Å². The zero-order valence-corrected chi connectivity index (χ0v) is 12.3. The lowest BCUT2D eigenvalue weighted by Crippen LogP contribution is -2.22. The molecule has 19 heavy (non-hydrogen) atoms. The summed E-state index contributed by atoms with van der Waals surface area (Å²) in [5.41, 5.74) is 0.914. The van der Waals surface area contributed by atoms with E-state index < -0.39 is 0 Å². The first-order valence-electron chi connectivity index (χ1n) is 8.21. The van der Waals surface area contributed by atoms with Crippen LogP contribution >= 0.6 is 0 Å². The fraction of sp³-hybridized carbons (Fsp3) is 0.824. The molecule has 0 saturated heterocycles. The van der Waals surface area contributed by atoms with Gasteiger partial charge in [0.2, 0.25) is 0 Å². The number of carbonyl (C=O) groups is 1. The van der Waals surface area contributed by atoms with Crippen LogP contribution in [-0.4, -0.2) is 12.1 Å². The van der Waals surface area contributed by atoms with Gasteiger partial charge in [0.25, 0.3) is 0 Å². The summed E-state index contributed by atoms with van der Waals surface area (Å²) in [7, 11) is 0. The Labute approximate surface area is 117 Å². The lowest BCUT2D eigenvalue weighted by atomic mass is 9.87. The average molecular weight is 264 g/mol. The number of esters is 1. The van der Waals surface area contributed by atoms with Crippen LogP contribution in [0.25, 0.3) is 0 Å². The summed E-state index contributed by atoms with van der Waals surface area (Å²) in [4.78, 5) is 12.2. The maximum absolute atomic E-state index is 12.2. The minimum absolute atomic E-state index is 0.0417. The Balaban J connectivity index is 1.87. The normalized spacial score (nSPS) is 23.3. The second-order valence-corrected chi connectivity index (χ2v) is 6.11. The molecule has 2 fully saturated rings. The Morgan fingerprint density at radius 1 is 1.00 bits per heavy atom. The van der Waals surface area contributed by atoms with Gasteiger partial charge in [0.05, 0.1) is 0 Å². The number of hydrogen-bond donors (Lipinski definition) is 0. The van der Waals surface area contributed by atoms with Crippen molar-refractivity contribution in [2.24, 2.45) is 5.92 Å². The molecule has 0 amide bonds. The van der Waals surface area contributed by atoms with E-state index in [1.54, 1.807) is 0 Å². The highest BCUT2D eigenvalue weighted by molar-refractivity contribution is 5.88. The van der Waals surface area contributed by atoms with Gasteiger partial charge in [-0.05, 0) is 50.9 Å². The molecule has 0 spiro atoms. The summed E-state index contributed by atoms with van der Waals surface area (Å²) in [6.45, 7) is 2.07. The number of allylic oxidation sites excluding steroid dienone is 1. The van der Waals surface area contributed by atoms with Crippen LogP contribution in [0.3, 0.4) is 0 Å². The summed E-state index contributed by atoms with van der Waals surface area (Å²) in [6.07, 6.45) is 15.5. The molecule has 0 aromatic heterocycles. The molecule has 2 heteroatoms. The monoisotopic (exact) mass is 264 g/mol. The van der Waals surface area contributed by atoms with Gasteiger partial charge in [0.15, 0.2) is 0 Å². The largest absolute Gasteiger partial charge is 0.459 e. The van der Waals surface area contributed by atoms with Gasteiger partial charge < -0.3 is 4.74 Å². The SMILES string of the molecule is CCC(=CC1CCCCC1)C(=O)OC1CCCCC1. The lowest BCUT2D eigenvalue weighted by Gasteiger charge is -2.23. The Morgan fingerprint density at radius 2 is 1.58 bits per heavy atom. The highest BCUT2D eigenvalue weighted by atomic mass is 16.5. The molecule has 0 atom stereocenters. The molecular weight excluding hydrogens is 236 g/mol. The van der Waals surface area contributed by atoms with Crippen molar-refractivity contribution in [3.63, 3.8) is 0 Å². The van der Waals surface area contributed by atoms with E-state index in [-0.39, 0.29) is 12.1 Å². The van der Waals surface area contributed by atoms with Crippen LogP contribution in [0.2, 0.25) is 0 Å². The van der Waals surface area contributed by atoms with Crippen molar-refractivity contribution in [3.05, 3.63) is 11.6 Å². The van der Waals surface area contributed by atoms with Crippen LogP contribution in [0.5, 0.6) is 0 Å². The molecule has 0 unspecified atom stereocenters. The van der Waals surface area contributed by atoms with E-state index in [9.17, 15) is 4.79 Å². The van der Waals surface area contributed by atoms with E-state index >= 15 is 0 Å². The van der Waals surface area contributed by atoms with Crippen LogP contribution in [0, 0.1) is 5.92 Å². The summed E-state index contributed by atoms with van der Waals surface area (Å²) in [5, 5.41) is 0. The lowest BCUT2D eigenvalue weighted by molar-refractivity contribution is -0.145. The summed E-state index contributed by atoms with van der Waals surface area (Å²) < 4.78 is 5.68. The number of carbonyl (C=O) groups excluding carboxylic acids is 1. The first-order valence-corrected chi connectivity index (χ1v) is 8.21. The van der Waals surface area contributed by atoms with Crippen LogP contribution in [-0.2, 0) is 9.53 Å². The molecule has 0 aromatic carbocycles. The van der Waals surface area contributed by atoms with Crippen LogP contribution in [0.15, 0.2) is 11.6 Å². The molecule has 108 valence electrons. The van der Waals surface area contributed by atoms with E-state index in [1.807, 2.05) is 0 Å². The van der Waals surface area contributed by atoms with Crippen LogP contribution in [0.1, 0.15) is 77.6 Å². The Bertz CT molecular complexity index is 307. The van der Waals surface area contributed by atoms with E-state index in [1.165, 1.54) is 51.4 Å². The Kier molecular flexibility index (Phi) is 5.93. The molecule has 0 aromatic rings. The first kappa shape index (κ1) is 14.6. The fourth-order valence-corrected chi connectivity index (χ4v) is 3.33. The topological polar surface area (TPSA) is 26.3 Å². The summed E-state index contributed by atoms with van der Waals surface area (Å²) in [6, 6.07) is 0. The van der Waals surface area contributed by atoms with Gasteiger partial charge in [-0.1, -0.05) is 38.7 Å². The highest BCUT2D eigenvalue weighted by Crippen LogP contribution is 2.27. The van der Waals surface area contributed by atoms with Crippen molar-refractivity contribution in [1.82, 2.24) is 0 Å². The maximum Gasteiger partial charge on any atom is 0.333 e. The maximum atomic E-state index is 12.2. The molecule has 0 heterocycles. The quantitative estimate of drug-likeness (QED) is 0.539. The molecule has 0 aliphatic heterocycles. The number of hydrogen-bond acceptors (Lipinski definition) is 2. The van der Waals surface area contributed by atoms with Crippen molar-refractivity contribution in [2.45, 2.75) is 83.7 Å². The molecule has 0 radical (unpaired) electrons. The molecule has 2 aliphatic carbocycles. The minimum Gasteiger partial charge on any atom is -0.459 e. The van der Waals surface area contributed by atoms with Gasteiger partial charge in [-0.15, -0.1) is 0 Å². The van der Waals surface area contributed by atoms with E-state index in [0.717, 1.165) is 24.8 Å². The molecule has 2 rings (SSSR count). The molecule has 0 bridgehead atoms. The van der Waals surface area contributed by atoms with Crippen molar-refractivity contribution >= 4 is 5.97 Å². The molecule has 2 saturated carbocycles. The van der Waals surface area contributed by atoms with Gasteiger partial charge in [-0.2, -0.15) is 0 Å². The third-order valence-electron chi connectivity index (χ3n) is 4.56. The zero-order chi connectivity index (χ0) is 13.5. The smallest absolute Gasteiger partial charge is 0.333 e. The second-order valence-electron chi connectivity index (χ2n) is 6.11. The third-order valence-corrected chi connectivity index (χ3v) is 4.56. The zero-order valence-electron chi connectivity index (χ0n) is 12.3. The highest BCUT2D eigenvalue weighted by Gasteiger charge is 2.20. The standard InChI is InChI=1S/C17H28O2/c1-2-15(13-14-9-5-3-6-10-14)17(18)19-16-11-7-4-8-12-16/h13-14,16H,2-12H2,1H3. The molecular formula is C17H28O2. The van der Waals surface area contributed by atoms with Gasteiger partial charge in [0, 0.05) is 5.57 Å². The first-order chi connectivity index (χ1) is 9.29. The fourth-order valence-electron chi connectivity index (χ4n) is 3.33. The Hall–Kier alpha value is -0.790. The molecule has 0 N–H and O–H groups in total. The predicted octanol–water partition coefficient (Wildman–Crippen LogP) is 4.78. The average Bonchev–Trinajstić information content (AvgIpc) is 2.47. The van der Waals surface area contributed by atoms with Gasteiger partial charge in [-0.3, -0.25) is 0 Å². The number of ether oxygens (including phenoxy) is 1. The van der Waals surface area contributed by atoms with E-state index in [4.69, 9.17) is 4.74 Å². The molecule has 2 aliphatic rings. The second kappa shape index (κ2) is 7.72. The predicted molar refractivity (Wildman–Crippen MR) is 77.9 cm³/mol. The van der Waals surface area contributed by atoms with Crippen molar-refractivity contribution in [2.75, 3.05) is 0 Å². The van der Waals surface area contributed by atoms with Crippen molar-refractivity contribution in [1.29, 1.82) is 0 Å². The summed E-state index contributed by atoms with van der Waals surface area (Å²) >= 11 is 0. The minimum atomic E-state index is -0.0417. The van der Waals surface area contributed by atoms with Gasteiger partial charge >= 0.3 is 5.97 Å². The van der Waals surface area contributed by atoms with E-state index in [0.29, 0.717) is 5.92 Å². The van der Waals surface area contributed by atoms with Crippen LogP contribution in [0.4, 0.5) is 0 Å². The van der Waals surface area contributed by atoms with E-state index in [2.05, 4.69) is 13.0 Å². The van der Waals surface area contributed by atoms with Crippen molar-refractivity contribution < 1.29 is 9.53 Å². The van der Waals surface area contributed by atoms with Crippen LogP contribution < -0.4 is 0 Å². The summed E-state index contributed by atoms with van der Waals surface area (Å²) in [5.74, 6) is 0.572. The number of rotatable bonds is 4.